The Labute approximate surface area is 107 Å². The van der Waals surface area contributed by atoms with Gasteiger partial charge in [0.1, 0.15) is 5.76 Å². The summed E-state index contributed by atoms with van der Waals surface area (Å²) in [4.78, 5) is 0. The fourth-order valence-corrected chi connectivity index (χ4v) is 1.87. The zero-order chi connectivity index (χ0) is 12.8. The molecule has 4 heteroatoms. The molecule has 0 fully saturated rings. The molecule has 0 amide bonds. The van der Waals surface area contributed by atoms with E-state index < -0.39 is 0 Å². The second-order valence-electron chi connectivity index (χ2n) is 4.16. The zero-order valence-corrected chi connectivity index (χ0v) is 10.7. The zero-order valence-electron chi connectivity index (χ0n) is 10.7. The minimum atomic E-state index is 0.160. The van der Waals surface area contributed by atoms with Crippen LogP contribution in [0.25, 0.3) is 0 Å². The Kier molecular flexibility index (Phi) is 4.23. The molecule has 2 heterocycles. The minimum absolute atomic E-state index is 0.160. The van der Waals surface area contributed by atoms with Crippen LogP contribution in [0.1, 0.15) is 31.6 Å². The predicted octanol–water partition coefficient (Wildman–Crippen LogP) is 3.62. The first-order valence-corrected chi connectivity index (χ1v) is 6.26. The predicted molar refractivity (Wildman–Crippen MR) is 72.4 cm³/mol. The molecule has 0 radical (unpaired) electrons. The molecular formula is C14H19N3O. The van der Waals surface area contributed by atoms with Gasteiger partial charge in [0.05, 0.1) is 24.2 Å². The summed E-state index contributed by atoms with van der Waals surface area (Å²) in [7, 11) is 0. The van der Waals surface area contributed by atoms with Crippen LogP contribution in [-0.2, 0) is 6.54 Å². The average Bonchev–Trinajstić information content (AvgIpc) is 3.05. The Morgan fingerprint density at radius 2 is 2.50 bits per heavy atom. The molecule has 1 unspecified atom stereocenters. The normalized spacial score (nSPS) is 12.3. The Hall–Kier alpha value is -1.97. The lowest BCUT2D eigenvalue weighted by Crippen LogP contribution is -2.09. The maximum Gasteiger partial charge on any atom is 0.125 e. The summed E-state index contributed by atoms with van der Waals surface area (Å²) >= 11 is 0. The van der Waals surface area contributed by atoms with Crippen molar-refractivity contribution in [3.8, 4) is 0 Å². The first-order chi connectivity index (χ1) is 8.83. The van der Waals surface area contributed by atoms with E-state index in [1.54, 1.807) is 6.26 Å². The summed E-state index contributed by atoms with van der Waals surface area (Å²) in [6.07, 6.45) is 9.37. The lowest BCUT2D eigenvalue weighted by atomic mass is 10.1. The van der Waals surface area contributed by atoms with Gasteiger partial charge >= 0.3 is 0 Å². The van der Waals surface area contributed by atoms with Crippen LogP contribution in [0.5, 0.6) is 0 Å². The lowest BCUT2D eigenvalue weighted by molar-refractivity contribution is 0.468. The average molecular weight is 245 g/mol. The maximum absolute atomic E-state index is 5.47. The molecule has 2 rings (SSSR count). The first-order valence-electron chi connectivity index (χ1n) is 6.26. The third-order valence-corrected chi connectivity index (χ3v) is 2.84. The first kappa shape index (κ1) is 12.5. The molecule has 2 aromatic rings. The van der Waals surface area contributed by atoms with Crippen LogP contribution in [0, 0.1) is 0 Å². The largest absolute Gasteiger partial charge is 0.467 e. The molecule has 1 atom stereocenters. The van der Waals surface area contributed by atoms with Gasteiger partial charge < -0.3 is 9.73 Å². The number of allylic oxidation sites excluding steroid dienone is 1. The molecule has 1 N–H and O–H groups in total. The van der Waals surface area contributed by atoms with Gasteiger partial charge in [-0.15, -0.1) is 6.58 Å². The van der Waals surface area contributed by atoms with Gasteiger partial charge in [0.15, 0.2) is 0 Å². The number of hydrogen-bond acceptors (Lipinski definition) is 3. The van der Waals surface area contributed by atoms with E-state index in [0.29, 0.717) is 0 Å². The Bertz CT molecular complexity index is 473. The van der Waals surface area contributed by atoms with Gasteiger partial charge in [-0.2, -0.15) is 5.10 Å². The van der Waals surface area contributed by atoms with Crippen molar-refractivity contribution in [1.82, 2.24) is 9.78 Å². The summed E-state index contributed by atoms with van der Waals surface area (Å²) < 4.78 is 7.37. The molecule has 0 aromatic carbocycles. The van der Waals surface area contributed by atoms with Crippen molar-refractivity contribution in [2.45, 2.75) is 32.4 Å². The van der Waals surface area contributed by atoms with E-state index >= 15 is 0 Å². The van der Waals surface area contributed by atoms with Crippen molar-refractivity contribution in [2.75, 3.05) is 5.32 Å². The SMILES string of the molecule is C=CCCC(Nc1cnn(CC)c1)c1ccco1. The summed E-state index contributed by atoms with van der Waals surface area (Å²) in [6, 6.07) is 4.06. The summed E-state index contributed by atoms with van der Waals surface area (Å²) in [6.45, 7) is 6.71. The van der Waals surface area contributed by atoms with Crippen molar-refractivity contribution in [3.05, 3.63) is 49.2 Å². The maximum atomic E-state index is 5.47. The molecule has 0 aliphatic carbocycles. The van der Waals surface area contributed by atoms with E-state index in [9.17, 15) is 0 Å². The van der Waals surface area contributed by atoms with Gasteiger partial charge in [-0.3, -0.25) is 4.68 Å². The summed E-state index contributed by atoms with van der Waals surface area (Å²) in [5, 5.41) is 7.70. The third-order valence-electron chi connectivity index (χ3n) is 2.84. The van der Waals surface area contributed by atoms with Gasteiger partial charge in [0.2, 0.25) is 0 Å². The molecule has 0 aliphatic rings. The van der Waals surface area contributed by atoms with Crippen LogP contribution in [0.2, 0.25) is 0 Å². The minimum Gasteiger partial charge on any atom is -0.467 e. The van der Waals surface area contributed by atoms with Crippen LogP contribution >= 0.6 is 0 Å². The Morgan fingerprint density at radius 1 is 1.61 bits per heavy atom. The molecule has 0 bridgehead atoms. The highest BCUT2D eigenvalue weighted by Crippen LogP contribution is 2.24. The van der Waals surface area contributed by atoms with Crippen LogP contribution in [0.15, 0.2) is 47.9 Å². The monoisotopic (exact) mass is 245 g/mol. The Balaban J connectivity index is 2.07. The topological polar surface area (TPSA) is 43.0 Å². The fraction of sp³-hybridized carbons (Fsp3) is 0.357. The fourth-order valence-electron chi connectivity index (χ4n) is 1.87. The van der Waals surface area contributed by atoms with Crippen molar-refractivity contribution >= 4 is 5.69 Å². The van der Waals surface area contributed by atoms with Crippen LogP contribution in [-0.4, -0.2) is 9.78 Å². The van der Waals surface area contributed by atoms with E-state index in [2.05, 4.69) is 23.9 Å². The lowest BCUT2D eigenvalue weighted by Gasteiger charge is -2.15. The van der Waals surface area contributed by atoms with Gasteiger partial charge in [0.25, 0.3) is 0 Å². The van der Waals surface area contributed by atoms with E-state index in [-0.39, 0.29) is 6.04 Å². The number of nitrogens with zero attached hydrogens (tertiary/aromatic N) is 2. The standard InChI is InChI=1S/C14H19N3O/c1-3-5-7-13(14-8-6-9-18-14)16-12-10-15-17(4-2)11-12/h3,6,8-11,13,16H,1,4-5,7H2,2H3. The van der Waals surface area contributed by atoms with Crippen LogP contribution in [0.3, 0.4) is 0 Å². The highest BCUT2D eigenvalue weighted by atomic mass is 16.3. The van der Waals surface area contributed by atoms with E-state index in [1.165, 1.54) is 0 Å². The second-order valence-corrected chi connectivity index (χ2v) is 4.16. The quantitative estimate of drug-likeness (QED) is 0.758. The number of aromatic nitrogens is 2. The number of rotatable bonds is 7. The smallest absolute Gasteiger partial charge is 0.125 e. The molecule has 0 aliphatic heterocycles. The van der Waals surface area contributed by atoms with Crippen molar-refractivity contribution in [3.63, 3.8) is 0 Å². The van der Waals surface area contributed by atoms with Crippen molar-refractivity contribution in [1.29, 1.82) is 0 Å². The second kappa shape index (κ2) is 6.10. The molecule has 0 spiro atoms. The highest BCUT2D eigenvalue weighted by Gasteiger charge is 2.14. The third kappa shape index (κ3) is 3.03. The van der Waals surface area contributed by atoms with Gasteiger partial charge in [-0.05, 0) is 31.9 Å². The van der Waals surface area contributed by atoms with Crippen LogP contribution in [0.4, 0.5) is 5.69 Å². The van der Waals surface area contributed by atoms with E-state index in [4.69, 9.17) is 4.42 Å². The molecule has 0 saturated heterocycles. The van der Waals surface area contributed by atoms with Crippen molar-refractivity contribution in [2.24, 2.45) is 0 Å². The van der Waals surface area contributed by atoms with E-state index in [1.807, 2.05) is 35.3 Å². The number of furan rings is 1. The highest BCUT2D eigenvalue weighted by molar-refractivity contribution is 5.40. The number of hydrogen-bond donors (Lipinski definition) is 1. The van der Waals surface area contributed by atoms with Crippen molar-refractivity contribution < 1.29 is 4.42 Å². The number of anilines is 1. The molecular weight excluding hydrogens is 226 g/mol. The van der Waals surface area contributed by atoms with Gasteiger partial charge in [0, 0.05) is 12.7 Å². The van der Waals surface area contributed by atoms with E-state index in [0.717, 1.165) is 30.8 Å². The molecule has 0 saturated carbocycles. The Morgan fingerprint density at radius 3 is 3.11 bits per heavy atom. The molecule has 4 nitrogen and oxygen atoms in total. The summed E-state index contributed by atoms with van der Waals surface area (Å²) in [5.41, 5.74) is 1.02. The van der Waals surface area contributed by atoms with Crippen LogP contribution < -0.4 is 5.32 Å². The van der Waals surface area contributed by atoms with Gasteiger partial charge in [-0.25, -0.2) is 0 Å². The summed E-state index contributed by atoms with van der Waals surface area (Å²) in [5.74, 6) is 0.945. The number of nitrogens with one attached hydrogen (secondary N) is 1. The molecule has 2 aromatic heterocycles. The molecule has 18 heavy (non-hydrogen) atoms. The number of aryl methyl sites for hydroxylation is 1. The van der Waals surface area contributed by atoms with Gasteiger partial charge in [-0.1, -0.05) is 6.08 Å². The molecule has 96 valence electrons.